The van der Waals surface area contributed by atoms with Crippen LogP contribution in [0, 0.1) is 5.82 Å². The van der Waals surface area contributed by atoms with Crippen LogP contribution in [0.25, 0.3) is 0 Å². The number of aryl methyl sites for hydroxylation is 1. The van der Waals surface area contributed by atoms with Gasteiger partial charge < -0.3 is 10.4 Å². The van der Waals surface area contributed by atoms with Crippen molar-refractivity contribution in [2.75, 3.05) is 5.32 Å². The number of carbonyl (C=O) groups excluding carboxylic acids is 2. The summed E-state index contributed by atoms with van der Waals surface area (Å²) in [5, 5.41) is 11.1. The van der Waals surface area contributed by atoms with Crippen molar-refractivity contribution in [3.8, 4) is 0 Å². The highest BCUT2D eigenvalue weighted by atomic mass is 19.1. The van der Waals surface area contributed by atoms with Crippen molar-refractivity contribution in [3.63, 3.8) is 0 Å². The Kier molecular flexibility index (Phi) is 5.67. The summed E-state index contributed by atoms with van der Waals surface area (Å²) in [6.45, 7) is 1.80. The number of carboxylic acid groups (broad SMARTS) is 1. The van der Waals surface area contributed by atoms with Gasteiger partial charge in [0.15, 0.2) is 0 Å². The van der Waals surface area contributed by atoms with Crippen molar-refractivity contribution in [2.24, 2.45) is 0 Å². The van der Waals surface area contributed by atoms with Gasteiger partial charge in [0.2, 0.25) is 0 Å². The molecule has 0 bridgehead atoms. The SMILES string of the molecule is CCc1cc(NC(=O)c2ccccc2F)ccc1C(=O)NNC(=O)O. The lowest BCUT2D eigenvalue weighted by Gasteiger charge is -2.12. The second kappa shape index (κ2) is 7.91. The minimum atomic E-state index is -1.39. The number of benzene rings is 2. The molecular weight excluding hydrogens is 329 g/mol. The van der Waals surface area contributed by atoms with Crippen molar-refractivity contribution < 1.29 is 23.9 Å². The summed E-state index contributed by atoms with van der Waals surface area (Å²) >= 11 is 0. The number of hydrazine groups is 1. The van der Waals surface area contributed by atoms with E-state index in [0.29, 0.717) is 17.7 Å². The predicted octanol–water partition coefficient (Wildman–Crippen LogP) is 2.55. The molecular formula is C17H16FN3O4. The third kappa shape index (κ3) is 4.54. The first-order valence-electron chi connectivity index (χ1n) is 7.40. The van der Waals surface area contributed by atoms with Crippen LogP contribution in [0.1, 0.15) is 33.2 Å². The second-order valence-electron chi connectivity index (χ2n) is 5.04. The average Bonchev–Trinajstić information content (AvgIpc) is 2.59. The summed E-state index contributed by atoms with van der Waals surface area (Å²) in [5.41, 5.74) is 4.98. The molecule has 0 aliphatic heterocycles. The molecule has 0 aliphatic rings. The second-order valence-corrected chi connectivity index (χ2v) is 5.04. The van der Waals surface area contributed by atoms with Gasteiger partial charge >= 0.3 is 6.09 Å². The van der Waals surface area contributed by atoms with Crippen LogP contribution in [0.2, 0.25) is 0 Å². The van der Waals surface area contributed by atoms with Crippen LogP contribution in [0.3, 0.4) is 0 Å². The molecule has 0 saturated heterocycles. The Labute approximate surface area is 142 Å². The molecule has 2 aromatic rings. The number of hydrogen-bond acceptors (Lipinski definition) is 3. The van der Waals surface area contributed by atoms with E-state index in [0.717, 1.165) is 0 Å². The van der Waals surface area contributed by atoms with Crippen molar-refractivity contribution in [3.05, 3.63) is 65.0 Å². The summed E-state index contributed by atoms with van der Waals surface area (Å²) in [4.78, 5) is 34.5. The number of carbonyl (C=O) groups is 3. The van der Waals surface area contributed by atoms with Gasteiger partial charge in [-0.1, -0.05) is 19.1 Å². The molecule has 130 valence electrons. The lowest BCUT2D eigenvalue weighted by Crippen LogP contribution is -2.41. The maximum absolute atomic E-state index is 13.6. The molecule has 3 amide bonds. The molecule has 0 heterocycles. The Morgan fingerprint density at radius 2 is 1.72 bits per heavy atom. The number of amides is 3. The topological polar surface area (TPSA) is 108 Å². The number of nitrogens with one attached hydrogen (secondary N) is 3. The molecule has 8 heteroatoms. The zero-order valence-electron chi connectivity index (χ0n) is 13.3. The third-order valence-corrected chi connectivity index (χ3v) is 3.39. The first-order chi connectivity index (χ1) is 11.9. The fourth-order valence-electron chi connectivity index (χ4n) is 2.21. The van der Waals surface area contributed by atoms with E-state index in [4.69, 9.17) is 5.11 Å². The Bertz CT molecular complexity index is 823. The van der Waals surface area contributed by atoms with Gasteiger partial charge in [0.25, 0.3) is 11.8 Å². The molecule has 0 unspecified atom stereocenters. The van der Waals surface area contributed by atoms with Crippen LogP contribution in [0.15, 0.2) is 42.5 Å². The minimum absolute atomic E-state index is 0.0898. The lowest BCUT2D eigenvalue weighted by molar-refractivity contribution is 0.0925. The lowest BCUT2D eigenvalue weighted by atomic mass is 10.0. The molecule has 0 fully saturated rings. The van der Waals surface area contributed by atoms with Gasteiger partial charge in [0.1, 0.15) is 5.82 Å². The largest absolute Gasteiger partial charge is 0.464 e. The molecule has 0 radical (unpaired) electrons. The van der Waals surface area contributed by atoms with Gasteiger partial charge in [-0.2, -0.15) is 0 Å². The highest BCUT2D eigenvalue weighted by molar-refractivity contribution is 6.05. The quantitative estimate of drug-likeness (QED) is 0.639. The van der Waals surface area contributed by atoms with Crippen molar-refractivity contribution in [2.45, 2.75) is 13.3 Å². The Morgan fingerprint density at radius 1 is 1.00 bits per heavy atom. The molecule has 0 atom stereocenters. The van der Waals surface area contributed by atoms with E-state index in [1.807, 2.05) is 5.43 Å². The highest BCUT2D eigenvalue weighted by Crippen LogP contribution is 2.18. The standard InChI is InChI=1S/C17H16FN3O4/c1-2-10-9-11(7-8-12(10)16(23)20-21-17(24)25)19-15(22)13-5-3-4-6-14(13)18/h3-9,21H,2H2,1H3,(H,19,22)(H,20,23)(H,24,25). The van der Waals surface area contributed by atoms with Gasteiger partial charge in [-0.25, -0.2) is 14.6 Å². The van der Waals surface area contributed by atoms with E-state index in [2.05, 4.69) is 5.32 Å². The van der Waals surface area contributed by atoms with E-state index in [-0.39, 0.29) is 11.1 Å². The number of rotatable bonds is 4. The van der Waals surface area contributed by atoms with Gasteiger partial charge in [-0.15, -0.1) is 0 Å². The summed E-state index contributed by atoms with van der Waals surface area (Å²) in [5.74, 6) is -1.86. The number of anilines is 1. The first kappa shape index (κ1) is 17.9. The summed E-state index contributed by atoms with van der Waals surface area (Å²) in [6.07, 6.45) is -0.917. The molecule has 7 nitrogen and oxygen atoms in total. The van der Waals surface area contributed by atoms with Crippen LogP contribution in [-0.4, -0.2) is 23.0 Å². The fraction of sp³-hybridized carbons (Fsp3) is 0.118. The van der Waals surface area contributed by atoms with Gasteiger partial charge in [0.05, 0.1) is 5.56 Å². The van der Waals surface area contributed by atoms with E-state index in [9.17, 15) is 18.8 Å². The van der Waals surface area contributed by atoms with Gasteiger partial charge in [-0.3, -0.25) is 15.0 Å². The summed E-state index contributed by atoms with van der Waals surface area (Å²) < 4.78 is 13.6. The van der Waals surface area contributed by atoms with Gasteiger partial charge in [0, 0.05) is 11.3 Å². The normalized spacial score (nSPS) is 10.0. The van der Waals surface area contributed by atoms with Crippen molar-refractivity contribution in [1.29, 1.82) is 0 Å². The van der Waals surface area contributed by atoms with E-state index in [1.54, 1.807) is 24.5 Å². The first-order valence-corrected chi connectivity index (χ1v) is 7.40. The Hall–Kier alpha value is -3.42. The molecule has 0 spiro atoms. The predicted molar refractivity (Wildman–Crippen MR) is 88.8 cm³/mol. The van der Waals surface area contributed by atoms with Crippen LogP contribution >= 0.6 is 0 Å². The zero-order chi connectivity index (χ0) is 18.4. The van der Waals surface area contributed by atoms with Crippen LogP contribution < -0.4 is 16.2 Å². The Morgan fingerprint density at radius 3 is 2.36 bits per heavy atom. The minimum Gasteiger partial charge on any atom is -0.464 e. The van der Waals surface area contributed by atoms with Crippen LogP contribution in [0.5, 0.6) is 0 Å². The molecule has 0 aromatic heterocycles. The molecule has 4 N–H and O–H groups in total. The monoisotopic (exact) mass is 345 g/mol. The molecule has 0 aliphatic carbocycles. The van der Waals surface area contributed by atoms with Crippen LogP contribution in [-0.2, 0) is 6.42 Å². The number of halogens is 1. The maximum atomic E-state index is 13.6. The fourth-order valence-corrected chi connectivity index (χ4v) is 2.21. The third-order valence-electron chi connectivity index (χ3n) is 3.39. The zero-order valence-corrected chi connectivity index (χ0v) is 13.3. The summed E-state index contributed by atoms with van der Waals surface area (Å²) in [6, 6.07) is 10.1. The van der Waals surface area contributed by atoms with Crippen molar-refractivity contribution in [1.82, 2.24) is 10.9 Å². The van der Waals surface area contributed by atoms with E-state index >= 15 is 0 Å². The average molecular weight is 345 g/mol. The summed E-state index contributed by atoms with van der Waals surface area (Å²) in [7, 11) is 0. The van der Waals surface area contributed by atoms with E-state index in [1.165, 1.54) is 30.3 Å². The molecule has 0 saturated carbocycles. The maximum Gasteiger partial charge on any atom is 0.423 e. The van der Waals surface area contributed by atoms with Crippen molar-refractivity contribution >= 4 is 23.6 Å². The Balaban J connectivity index is 2.18. The van der Waals surface area contributed by atoms with Crippen LogP contribution in [0.4, 0.5) is 14.9 Å². The molecule has 2 aromatic carbocycles. The molecule has 2 rings (SSSR count). The van der Waals surface area contributed by atoms with E-state index < -0.39 is 23.7 Å². The smallest absolute Gasteiger partial charge is 0.423 e. The van der Waals surface area contributed by atoms with Gasteiger partial charge in [-0.05, 0) is 42.3 Å². The highest BCUT2D eigenvalue weighted by Gasteiger charge is 2.14. The number of hydrogen-bond donors (Lipinski definition) is 4. The molecule has 25 heavy (non-hydrogen) atoms.